The summed E-state index contributed by atoms with van der Waals surface area (Å²) >= 11 is 0. The van der Waals surface area contributed by atoms with Crippen LogP contribution >= 0.6 is 0 Å². The minimum absolute atomic E-state index is 0.0356. The van der Waals surface area contributed by atoms with Gasteiger partial charge in [0.05, 0.1) is 5.52 Å². The highest BCUT2D eigenvalue weighted by molar-refractivity contribution is 5.87. The molecule has 6 heteroatoms. The van der Waals surface area contributed by atoms with E-state index in [2.05, 4.69) is 53.8 Å². The molecule has 3 N–H and O–H groups in total. The number of hydrazine groups is 1. The third kappa shape index (κ3) is 3.55. The van der Waals surface area contributed by atoms with Gasteiger partial charge in [-0.2, -0.15) is 0 Å². The molecule has 2 heterocycles. The molecule has 6 nitrogen and oxygen atoms in total. The Hall–Kier alpha value is -2.05. The molecule has 0 bridgehead atoms. The summed E-state index contributed by atoms with van der Waals surface area (Å²) in [5.41, 5.74) is 7.37. The second-order valence-electron chi connectivity index (χ2n) is 6.67. The number of nitrogens with one attached hydrogen (secondary N) is 3. The Labute approximate surface area is 142 Å². The smallest absolute Gasteiger partial charge is 0.257 e. The van der Waals surface area contributed by atoms with Crippen LogP contribution in [0.1, 0.15) is 26.8 Å². The van der Waals surface area contributed by atoms with Crippen LogP contribution in [-0.2, 0) is 4.79 Å². The van der Waals surface area contributed by atoms with Gasteiger partial charge in [-0.05, 0) is 39.0 Å². The molecule has 2 aromatic rings. The van der Waals surface area contributed by atoms with E-state index < -0.39 is 0 Å². The maximum absolute atomic E-state index is 12.0. The molecule has 1 fully saturated rings. The third-order valence-corrected chi connectivity index (χ3v) is 4.60. The van der Waals surface area contributed by atoms with Crippen molar-refractivity contribution < 1.29 is 9.53 Å². The van der Waals surface area contributed by atoms with Crippen LogP contribution in [0.2, 0.25) is 0 Å². The van der Waals surface area contributed by atoms with E-state index >= 15 is 0 Å². The molecule has 1 aromatic heterocycles. The molecule has 2 unspecified atom stereocenters. The maximum atomic E-state index is 12.0. The Bertz CT molecular complexity index is 710. The molecule has 1 aliphatic rings. The minimum Gasteiger partial charge on any atom is -0.483 e. The van der Waals surface area contributed by atoms with Gasteiger partial charge in [0.15, 0.2) is 6.61 Å². The van der Waals surface area contributed by atoms with Crippen molar-refractivity contribution in [1.29, 1.82) is 0 Å². The molecule has 1 saturated heterocycles. The molecular formula is C18H26N4O2. The van der Waals surface area contributed by atoms with Gasteiger partial charge in [0, 0.05) is 42.7 Å². The Morgan fingerprint density at radius 2 is 2.25 bits per heavy atom. The molecule has 1 amide bonds. The summed E-state index contributed by atoms with van der Waals surface area (Å²) in [7, 11) is 0. The second-order valence-corrected chi connectivity index (χ2v) is 6.67. The van der Waals surface area contributed by atoms with E-state index in [-0.39, 0.29) is 12.5 Å². The van der Waals surface area contributed by atoms with Crippen molar-refractivity contribution in [3.8, 4) is 5.75 Å². The number of fused-ring (bicyclic) bond motifs is 1. The first-order valence-corrected chi connectivity index (χ1v) is 8.53. The first-order chi connectivity index (χ1) is 11.6. The number of rotatable bonds is 6. The molecule has 1 aromatic carbocycles. The SMILES string of the molecule is CC1NNCC1CNC(=O)COc1cccc2c1ccn2C(C)C. The standard InChI is InChI=1S/C18H26N4O2/c1-12(2)22-8-7-15-16(22)5-4-6-17(15)24-11-18(23)19-9-14-10-20-21-13(14)3/h4-8,12-14,20-21H,9-11H2,1-3H3,(H,19,23). The van der Waals surface area contributed by atoms with Gasteiger partial charge in [-0.3, -0.25) is 15.6 Å². The van der Waals surface area contributed by atoms with Gasteiger partial charge < -0.3 is 14.6 Å². The fourth-order valence-corrected chi connectivity index (χ4v) is 3.07. The van der Waals surface area contributed by atoms with E-state index in [1.54, 1.807) is 0 Å². The van der Waals surface area contributed by atoms with E-state index in [1.165, 1.54) is 0 Å². The van der Waals surface area contributed by atoms with Crippen molar-refractivity contribution in [2.24, 2.45) is 5.92 Å². The predicted octanol–water partition coefficient (Wildman–Crippen LogP) is 1.83. The molecule has 2 atom stereocenters. The Kier molecular flexibility index (Phi) is 5.06. The van der Waals surface area contributed by atoms with Crippen LogP contribution in [0.5, 0.6) is 5.75 Å². The van der Waals surface area contributed by atoms with Crippen LogP contribution in [0.3, 0.4) is 0 Å². The topological polar surface area (TPSA) is 67.3 Å². The number of hydrogen-bond donors (Lipinski definition) is 3. The molecule has 1 aliphatic heterocycles. The quantitative estimate of drug-likeness (QED) is 0.756. The van der Waals surface area contributed by atoms with Crippen molar-refractivity contribution in [2.75, 3.05) is 19.7 Å². The number of hydrogen-bond acceptors (Lipinski definition) is 4. The van der Waals surface area contributed by atoms with Crippen molar-refractivity contribution in [1.82, 2.24) is 20.7 Å². The maximum Gasteiger partial charge on any atom is 0.257 e. The van der Waals surface area contributed by atoms with Gasteiger partial charge >= 0.3 is 0 Å². The fourth-order valence-electron chi connectivity index (χ4n) is 3.07. The molecule has 3 rings (SSSR count). The normalized spacial score (nSPS) is 20.7. The first kappa shape index (κ1) is 16.8. The van der Waals surface area contributed by atoms with Crippen molar-refractivity contribution in [2.45, 2.75) is 32.9 Å². The summed E-state index contributed by atoms with van der Waals surface area (Å²) in [4.78, 5) is 12.0. The lowest BCUT2D eigenvalue weighted by molar-refractivity contribution is -0.123. The van der Waals surface area contributed by atoms with E-state index in [0.29, 0.717) is 24.5 Å². The highest BCUT2D eigenvalue weighted by Crippen LogP contribution is 2.28. The van der Waals surface area contributed by atoms with Gasteiger partial charge in [-0.1, -0.05) is 6.07 Å². The molecule has 0 radical (unpaired) electrons. The van der Waals surface area contributed by atoms with E-state index in [9.17, 15) is 4.79 Å². The Morgan fingerprint density at radius 1 is 1.42 bits per heavy atom. The molecule has 0 aliphatic carbocycles. The average molecular weight is 330 g/mol. The largest absolute Gasteiger partial charge is 0.483 e. The second kappa shape index (κ2) is 7.23. The van der Waals surface area contributed by atoms with Crippen molar-refractivity contribution in [3.63, 3.8) is 0 Å². The Balaban J connectivity index is 1.58. The zero-order valence-corrected chi connectivity index (χ0v) is 14.5. The van der Waals surface area contributed by atoms with Gasteiger partial charge in [0.1, 0.15) is 5.75 Å². The highest BCUT2D eigenvalue weighted by Gasteiger charge is 2.22. The van der Waals surface area contributed by atoms with Crippen molar-refractivity contribution >= 4 is 16.8 Å². The van der Waals surface area contributed by atoms with E-state index in [1.807, 2.05) is 18.2 Å². The third-order valence-electron chi connectivity index (χ3n) is 4.60. The van der Waals surface area contributed by atoms with Gasteiger partial charge in [-0.15, -0.1) is 0 Å². The van der Waals surface area contributed by atoms with Gasteiger partial charge in [0.2, 0.25) is 0 Å². The lowest BCUT2D eigenvalue weighted by atomic mass is 10.0. The minimum atomic E-state index is -0.0885. The number of amides is 1. The summed E-state index contributed by atoms with van der Waals surface area (Å²) in [6.07, 6.45) is 2.06. The molecule has 24 heavy (non-hydrogen) atoms. The van der Waals surface area contributed by atoms with Crippen LogP contribution in [0.15, 0.2) is 30.5 Å². The summed E-state index contributed by atoms with van der Waals surface area (Å²) in [5, 5.41) is 3.99. The molecule has 0 spiro atoms. The fraction of sp³-hybridized carbons (Fsp3) is 0.500. The average Bonchev–Trinajstić information content (AvgIpc) is 3.17. The number of aromatic nitrogens is 1. The number of carbonyl (C=O) groups is 1. The predicted molar refractivity (Wildman–Crippen MR) is 94.9 cm³/mol. The Morgan fingerprint density at radius 3 is 2.96 bits per heavy atom. The zero-order valence-electron chi connectivity index (χ0n) is 14.5. The van der Waals surface area contributed by atoms with Crippen LogP contribution in [-0.4, -0.2) is 36.2 Å². The van der Waals surface area contributed by atoms with Gasteiger partial charge in [0.25, 0.3) is 5.91 Å². The zero-order chi connectivity index (χ0) is 17.1. The van der Waals surface area contributed by atoms with Crippen LogP contribution in [0.4, 0.5) is 0 Å². The van der Waals surface area contributed by atoms with Crippen LogP contribution in [0.25, 0.3) is 10.9 Å². The van der Waals surface area contributed by atoms with Crippen molar-refractivity contribution in [3.05, 3.63) is 30.5 Å². The van der Waals surface area contributed by atoms with Crippen LogP contribution in [0, 0.1) is 5.92 Å². The summed E-state index contributed by atoms with van der Waals surface area (Å²) in [6, 6.07) is 8.73. The van der Waals surface area contributed by atoms with E-state index in [4.69, 9.17) is 4.74 Å². The molecule has 130 valence electrons. The first-order valence-electron chi connectivity index (χ1n) is 8.53. The number of carbonyl (C=O) groups excluding carboxylic acids is 1. The summed E-state index contributed by atoms with van der Waals surface area (Å²) < 4.78 is 7.96. The molecular weight excluding hydrogens is 304 g/mol. The summed E-state index contributed by atoms with van der Waals surface area (Å²) in [6.45, 7) is 7.95. The monoisotopic (exact) mass is 330 g/mol. The highest BCUT2D eigenvalue weighted by atomic mass is 16.5. The number of ether oxygens (including phenoxy) is 1. The number of nitrogens with zero attached hydrogens (tertiary/aromatic N) is 1. The van der Waals surface area contributed by atoms with Gasteiger partial charge in [-0.25, -0.2) is 0 Å². The lowest BCUT2D eigenvalue weighted by Gasteiger charge is -2.15. The summed E-state index contributed by atoms with van der Waals surface area (Å²) in [5.74, 6) is 1.06. The molecule has 0 saturated carbocycles. The van der Waals surface area contributed by atoms with Crippen LogP contribution < -0.4 is 20.9 Å². The lowest BCUT2D eigenvalue weighted by Crippen LogP contribution is -2.37. The number of benzene rings is 1. The van der Waals surface area contributed by atoms with E-state index in [0.717, 1.165) is 23.2 Å².